The second kappa shape index (κ2) is 7.26. The first-order chi connectivity index (χ1) is 10.9. The van der Waals surface area contributed by atoms with E-state index in [1.54, 1.807) is 12.1 Å². The Bertz CT molecular complexity index is 655. The minimum Gasteiger partial charge on any atom is -0.469 e. The van der Waals surface area contributed by atoms with E-state index in [1.165, 1.54) is 12.1 Å². The zero-order chi connectivity index (χ0) is 16.9. The lowest BCUT2D eigenvalue weighted by Gasteiger charge is -2.22. The number of pyridine rings is 1. The van der Waals surface area contributed by atoms with Crippen LogP contribution in [0.3, 0.4) is 0 Å². The van der Waals surface area contributed by atoms with Gasteiger partial charge in [-0.3, -0.25) is 0 Å². The third kappa shape index (κ3) is 5.09. The normalized spacial score (nSPS) is 12.7. The molecule has 0 N–H and O–H groups in total. The molecule has 0 radical (unpaired) electrons. The molecular formula is C17H15F4NO. The first-order valence-electron chi connectivity index (χ1n) is 6.95. The lowest BCUT2D eigenvalue weighted by Crippen LogP contribution is -2.29. The van der Waals surface area contributed by atoms with Crippen LogP contribution in [0.5, 0.6) is 5.88 Å². The fraction of sp³-hybridized carbons (Fsp3) is 0.235. The number of aryl methyl sites for hydroxylation is 1. The van der Waals surface area contributed by atoms with E-state index in [4.69, 9.17) is 4.74 Å². The van der Waals surface area contributed by atoms with Crippen LogP contribution in [0.1, 0.15) is 12.0 Å². The molecule has 2 aromatic rings. The maximum absolute atomic E-state index is 13.1. The van der Waals surface area contributed by atoms with Crippen molar-refractivity contribution in [1.29, 1.82) is 0 Å². The standard InChI is InChI=1S/C17H15F4NO/c1-12(17(19,20)21)14(11-10-13-6-3-2-4-7-13)23-16-9-5-8-15(18)22-16/h2-9,14H,1,10-11H2. The predicted octanol–water partition coefficient (Wildman–Crippen LogP) is 4.72. The van der Waals surface area contributed by atoms with Gasteiger partial charge in [-0.05, 0) is 24.5 Å². The number of aromatic nitrogens is 1. The van der Waals surface area contributed by atoms with Crippen molar-refractivity contribution in [1.82, 2.24) is 4.98 Å². The summed E-state index contributed by atoms with van der Waals surface area (Å²) in [4.78, 5) is 3.44. The van der Waals surface area contributed by atoms with Crippen molar-refractivity contribution in [2.24, 2.45) is 0 Å². The van der Waals surface area contributed by atoms with Gasteiger partial charge >= 0.3 is 6.18 Å². The smallest absolute Gasteiger partial charge is 0.415 e. The molecule has 6 heteroatoms. The predicted molar refractivity (Wildman–Crippen MR) is 78.6 cm³/mol. The number of benzene rings is 1. The molecule has 0 bridgehead atoms. The van der Waals surface area contributed by atoms with Crippen LogP contribution < -0.4 is 4.74 Å². The van der Waals surface area contributed by atoms with E-state index in [9.17, 15) is 17.6 Å². The fourth-order valence-corrected chi connectivity index (χ4v) is 2.03. The molecule has 2 rings (SSSR count). The molecule has 0 aliphatic heterocycles. The lowest BCUT2D eigenvalue weighted by atomic mass is 10.0. The first kappa shape index (κ1) is 17.0. The average molecular weight is 325 g/mol. The van der Waals surface area contributed by atoms with E-state index in [0.717, 1.165) is 11.6 Å². The zero-order valence-corrected chi connectivity index (χ0v) is 12.2. The van der Waals surface area contributed by atoms with E-state index in [0.29, 0.717) is 6.42 Å². The summed E-state index contributed by atoms with van der Waals surface area (Å²) in [6, 6.07) is 12.8. The largest absolute Gasteiger partial charge is 0.469 e. The van der Waals surface area contributed by atoms with Gasteiger partial charge < -0.3 is 4.74 Å². The van der Waals surface area contributed by atoms with Gasteiger partial charge in [-0.15, -0.1) is 0 Å². The Morgan fingerprint density at radius 2 is 1.78 bits per heavy atom. The van der Waals surface area contributed by atoms with E-state index < -0.39 is 23.8 Å². The number of halogens is 4. The second-order valence-corrected chi connectivity index (χ2v) is 4.95. The Balaban J connectivity index is 2.13. The van der Waals surface area contributed by atoms with Crippen LogP contribution >= 0.6 is 0 Å². The summed E-state index contributed by atoms with van der Waals surface area (Å²) in [6.45, 7) is 3.09. The molecular weight excluding hydrogens is 310 g/mol. The monoisotopic (exact) mass is 325 g/mol. The van der Waals surface area contributed by atoms with Crippen molar-refractivity contribution in [3.8, 4) is 5.88 Å². The van der Waals surface area contributed by atoms with Gasteiger partial charge in [-0.25, -0.2) is 0 Å². The molecule has 0 spiro atoms. The maximum atomic E-state index is 13.1. The highest BCUT2D eigenvalue weighted by Gasteiger charge is 2.38. The Morgan fingerprint density at radius 3 is 2.39 bits per heavy atom. The molecule has 1 unspecified atom stereocenters. The van der Waals surface area contributed by atoms with Crippen molar-refractivity contribution in [3.63, 3.8) is 0 Å². The number of hydrogen-bond acceptors (Lipinski definition) is 2. The maximum Gasteiger partial charge on any atom is 0.415 e. The Morgan fingerprint density at radius 1 is 1.09 bits per heavy atom. The fourth-order valence-electron chi connectivity index (χ4n) is 2.03. The molecule has 0 aliphatic rings. The van der Waals surface area contributed by atoms with Gasteiger partial charge in [0.05, 0.1) is 5.57 Å². The molecule has 0 fully saturated rings. The molecule has 23 heavy (non-hydrogen) atoms. The summed E-state index contributed by atoms with van der Waals surface area (Å²) in [5, 5.41) is 0. The summed E-state index contributed by atoms with van der Waals surface area (Å²) in [5.41, 5.74) is -0.136. The average Bonchev–Trinajstić information content (AvgIpc) is 2.51. The first-order valence-corrected chi connectivity index (χ1v) is 6.95. The van der Waals surface area contributed by atoms with Crippen molar-refractivity contribution in [3.05, 3.63) is 72.2 Å². The topological polar surface area (TPSA) is 22.1 Å². The Hall–Kier alpha value is -2.37. The highest BCUT2D eigenvalue weighted by atomic mass is 19.4. The van der Waals surface area contributed by atoms with E-state index in [2.05, 4.69) is 11.6 Å². The van der Waals surface area contributed by atoms with Gasteiger partial charge in [0.15, 0.2) is 0 Å². The van der Waals surface area contributed by atoms with Crippen LogP contribution in [0.2, 0.25) is 0 Å². The van der Waals surface area contributed by atoms with Gasteiger partial charge in [-0.1, -0.05) is 43.0 Å². The van der Waals surface area contributed by atoms with E-state index in [1.807, 2.05) is 18.2 Å². The van der Waals surface area contributed by atoms with Crippen molar-refractivity contribution < 1.29 is 22.3 Å². The second-order valence-electron chi connectivity index (χ2n) is 4.95. The Labute approximate surface area is 131 Å². The van der Waals surface area contributed by atoms with E-state index in [-0.39, 0.29) is 12.3 Å². The molecule has 0 amide bonds. The molecule has 1 aromatic heterocycles. The third-order valence-corrected chi connectivity index (χ3v) is 3.24. The van der Waals surface area contributed by atoms with Gasteiger partial charge in [0.1, 0.15) is 6.10 Å². The van der Waals surface area contributed by atoms with Crippen molar-refractivity contribution in [2.75, 3.05) is 0 Å². The number of hydrogen-bond donors (Lipinski definition) is 0. The number of nitrogens with zero attached hydrogens (tertiary/aromatic N) is 1. The zero-order valence-electron chi connectivity index (χ0n) is 12.2. The summed E-state index contributed by atoms with van der Waals surface area (Å²) >= 11 is 0. The molecule has 0 aliphatic carbocycles. The van der Waals surface area contributed by atoms with Crippen LogP contribution in [-0.2, 0) is 6.42 Å². The Kier molecular flexibility index (Phi) is 5.36. The quantitative estimate of drug-likeness (QED) is 0.435. The molecule has 1 heterocycles. The lowest BCUT2D eigenvalue weighted by molar-refractivity contribution is -0.103. The van der Waals surface area contributed by atoms with Gasteiger partial charge in [0, 0.05) is 6.07 Å². The molecule has 0 saturated carbocycles. The van der Waals surface area contributed by atoms with Crippen LogP contribution in [0.15, 0.2) is 60.7 Å². The molecule has 0 saturated heterocycles. The van der Waals surface area contributed by atoms with E-state index >= 15 is 0 Å². The SMILES string of the molecule is C=C(C(CCc1ccccc1)Oc1cccc(F)n1)C(F)(F)F. The highest BCUT2D eigenvalue weighted by Crippen LogP contribution is 2.30. The minimum absolute atomic E-state index is 0.0561. The number of rotatable bonds is 6. The summed E-state index contributed by atoms with van der Waals surface area (Å²) in [6.07, 6.45) is -5.49. The number of ether oxygens (including phenoxy) is 1. The van der Waals surface area contributed by atoms with Crippen LogP contribution in [0, 0.1) is 5.95 Å². The van der Waals surface area contributed by atoms with Gasteiger partial charge in [0.2, 0.25) is 11.8 Å². The molecule has 1 atom stereocenters. The summed E-state index contributed by atoms with van der Waals surface area (Å²) < 4.78 is 57.1. The third-order valence-electron chi connectivity index (χ3n) is 3.24. The van der Waals surface area contributed by atoms with Crippen LogP contribution in [-0.4, -0.2) is 17.3 Å². The van der Waals surface area contributed by atoms with Crippen LogP contribution in [0.4, 0.5) is 17.6 Å². The van der Waals surface area contributed by atoms with Crippen molar-refractivity contribution >= 4 is 0 Å². The molecule has 1 aromatic carbocycles. The van der Waals surface area contributed by atoms with Crippen molar-refractivity contribution in [2.45, 2.75) is 25.1 Å². The molecule has 122 valence electrons. The van der Waals surface area contributed by atoms with Gasteiger partial charge in [0.25, 0.3) is 0 Å². The minimum atomic E-state index is -4.59. The summed E-state index contributed by atoms with van der Waals surface area (Å²) in [5.74, 6) is -1.02. The van der Waals surface area contributed by atoms with Gasteiger partial charge in [-0.2, -0.15) is 22.5 Å². The highest BCUT2D eigenvalue weighted by molar-refractivity contribution is 5.19. The molecule has 2 nitrogen and oxygen atoms in total. The summed E-state index contributed by atoms with van der Waals surface area (Å²) in [7, 11) is 0. The van der Waals surface area contributed by atoms with Crippen LogP contribution in [0.25, 0.3) is 0 Å². The number of alkyl halides is 3.